The van der Waals surface area contributed by atoms with Crippen LogP contribution >= 0.6 is 0 Å². The summed E-state index contributed by atoms with van der Waals surface area (Å²) >= 11 is 0. The van der Waals surface area contributed by atoms with E-state index in [0.717, 1.165) is 0 Å². The molecule has 0 radical (unpaired) electrons. The second kappa shape index (κ2) is 7.20. The zero-order valence-corrected chi connectivity index (χ0v) is 11.5. The first kappa shape index (κ1) is 13.1. The van der Waals surface area contributed by atoms with Crippen LogP contribution in [0.1, 0.15) is 56.6 Å². The lowest BCUT2D eigenvalue weighted by Gasteiger charge is -2.13. The molecule has 0 amide bonds. The van der Waals surface area contributed by atoms with Gasteiger partial charge in [-0.05, 0) is 42.4 Å². The van der Waals surface area contributed by atoms with Gasteiger partial charge in [-0.25, -0.2) is 0 Å². The molecule has 1 aromatic carbocycles. The smallest absolute Gasteiger partial charge is 0.0222 e. The normalized spacial score (nSPS) is 14.6. The zero-order valence-electron chi connectivity index (χ0n) is 11.5. The molecule has 0 fully saturated rings. The van der Waals surface area contributed by atoms with Gasteiger partial charge < -0.3 is 0 Å². The minimum atomic E-state index is 1.20. The second-order valence-corrected chi connectivity index (χ2v) is 5.17. The molecule has 0 bridgehead atoms. The van der Waals surface area contributed by atoms with Gasteiger partial charge in [0.1, 0.15) is 0 Å². The first-order valence-corrected chi connectivity index (χ1v) is 7.35. The third-order valence-electron chi connectivity index (χ3n) is 3.64. The SMILES string of the molecule is CCCCCC/C=C/C1=Cc2ccccc2CC1. The van der Waals surface area contributed by atoms with E-state index in [1.54, 1.807) is 0 Å². The van der Waals surface area contributed by atoms with E-state index in [-0.39, 0.29) is 0 Å². The van der Waals surface area contributed by atoms with Gasteiger partial charge in [0.05, 0.1) is 0 Å². The number of unbranched alkanes of at least 4 members (excludes halogenated alkanes) is 4. The minimum Gasteiger partial charge on any atom is -0.0843 e. The predicted octanol–water partition coefficient (Wildman–Crippen LogP) is 5.54. The van der Waals surface area contributed by atoms with Crippen LogP contribution in [0.25, 0.3) is 6.08 Å². The van der Waals surface area contributed by atoms with Crippen LogP contribution in [-0.2, 0) is 6.42 Å². The summed E-state index contributed by atoms with van der Waals surface area (Å²) in [5.41, 5.74) is 4.40. The third kappa shape index (κ3) is 3.87. The zero-order chi connectivity index (χ0) is 12.6. The van der Waals surface area contributed by atoms with E-state index in [4.69, 9.17) is 0 Å². The molecule has 0 heterocycles. The molecule has 0 heteroatoms. The van der Waals surface area contributed by atoms with Crippen molar-refractivity contribution in [1.82, 2.24) is 0 Å². The van der Waals surface area contributed by atoms with Gasteiger partial charge in [-0.15, -0.1) is 0 Å². The molecule has 0 nitrogen and oxygen atoms in total. The molecule has 0 atom stereocenters. The molecule has 2 rings (SSSR count). The first-order valence-electron chi connectivity index (χ1n) is 7.35. The third-order valence-corrected chi connectivity index (χ3v) is 3.64. The summed E-state index contributed by atoms with van der Waals surface area (Å²) in [5.74, 6) is 0. The van der Waals surface area contributed by atoms with Crippen molar-refractivity contribution in [2.24, 2.45) is 0 Å². The average molecular weight is 240 g/mol. The standard InChI is InChI=1S/C18H24/c1-2-3-4-5-6-7-10-16-13-14-17-11-8-9-12-18(17)15-16/h7-12,15H,2-6,13-14H2,1H3/b10-7+. The van der Waals surface area contributed by atoms with Crippen LogP contribution in [0.4, 0.5) is 0 Å². The van der Waals surface area contributed by atoms with Gasteiger partial charge >= 0.3 is 0 Å². The number of hydrogen-bond donors (Lipinski definition) is 0. The van der Waals surface area contributed by atoms with E-state index < -0.39 is 0 Å². The molecule has 18 heavy (non-hydrogen) atoms. The fourth-order valence-corrected chi connectivity index (χ4v) is 2.51. The summed E-state index contributed by atoms with van der Waals surface area (Å²) in [5, 5.41) is 0. The van der Waals surface area contributed by atoms with Crippen molar-refractivity contribution >= 4 is 6.08 Å². The molecule has 0 aromatic heterocycles. The van der Waals surface area contributed by atoms with Gasteiger partial charge in [0.2, 0.25) is 0 Å². The van der Waals surface area contributed by atoms with Crippen molar-refractivity contribution in [2.45, 2.75) is 51.9 Å². The predicted molar refractivity (Wildman–Crippen MR) is 80.6 cm³/mol. The number of fused-ring (bicyclic) bond motifs is 1. The molecule has 1 aromatic rings. The molecule has 0 aliphatic heterocycles. The van der Waals surface area contributed by atoms with Crippen molar-refractivity contribution in [3.8, 4) is 0 Å². The molecule has 96 valence electrons. The van der Waals surface area contributed by atoms with Crippen molar-refractivity contribution in [2.75, 3.05) is 0 Å². The van der Waals surface area contributed by atoms with E-state index in [0.29, 0.717) is 0 Å². The molecule has 1 aliphatic carbocycles. The van der Waals surface area contributed by atoms with Crippen LogP contribution in [0.3, 0.4) is 0 Å². The number of benzene rings is 1. The highest BCUT2D eigenvalue weighted by Gasteiger charge is 2.06. The maximum atomic E-state index is 2.36. The monoisotopic (exact) mass is 240 g/mol. The summed E-state index contributed by atoms with van der Waals surface area (Å²) in [7, 11) is 0. The van der Waals surface area contributed by atoms with Crippen LogP contribution < -0.4 is 0 Å². The number of aryl methyl sites for hydroxylation is 1. The Balaban J connectivity index is 1.84. The van der Waals surface area contributed by atoms with E-state index in [1.807, 2.05) is 0 Å². The molecule has 0 N–H and O–H groups in total. The largest absolute Gasteiger partial charge is 0.0843 e. The van der Waals surface area contributed by atoms with E-state index >= 15 is 0 Å². The van der Waals surface area contributed by atoms with E-state index in [1.165, 1.54) is 61.6 Å². The lowest BCUT2D eigenvalue weighted by atomic mass is 9.92. The first-order chi connectivity index (χ1) is 8.90. The number of rotatable bonds is 6. The fourth-order valence-electron chi connectivity index (χ4n) is 2.51. The average Bonchev–Trinajstić information content (AvgIpc) is 2.42. The van der Waals surface area contributed by atoms with Gasteiger partial charge in [-0.2, -0.15) is 0 Å². The van der Waals surface area contributed by atoms with E-state index in [2.05, 4.69) is 49.4 Å². The Morgan fingerprint density at radius 1 is 1.06 bits per heavy atom. The fraction of sp³-hybridized carbons (Fsp3) is 0.444. The number of hydrogen-bond acceptors (Lipinski definition) is 0. The lowest BCUT2D eigenvalue weighted by molar-refractivity contribution is 0.674. The van der Waals surface area contributed by atoms with Gasteiger partial charge in [0.25, 0.3) is 0 Å². The summed E-state index contributed by atoms with van der Waals surface area (Å²) < 4.78 is 0. The lowest BCUT2D eigenvalue weighted by Crippen LogP contribution is -1.97. The summed E-state index contributed by atoms with van der Waals surface area (Å²) in [6, 6.07) is 8.74. The Labute approximate surface area is 111 Å². The molecule has 0 saturated carbocycles. The highest BCUT2D eigenvalue weighted by molar-refractivity contribution is 5.61. The van der Waals surface area contributed by atoms with Crippen LogP contribution in [-0.4, -0.2) is 0 Å². The van der Waals surface area contributed by atoms with Crippen LogP contribution in [0.5, 0.6) is 0 Å². The quantitative estimate of drug-likeness (QED) is 0.572. The maximum Gasteiger partial charge on any atom is -0.0222 e. The number of allylic oxidation sites excluding steroid dienone is 3. The molecule has 0 unspecified atom stereocenters. The highest BCUT2D eigenvalue weighted by atomic mass is 14.1. The van der Waals surface area contributed by atoms with Crippen molar-refractivity contribution in [1.29, 1.82) is 0 Å². The molecular weight excluding hydrogens is 216 g/mol. The van der Waals surface area contributed by atoms with Gasteiger partial charge in [0, 0.05) is 0 Å². The Morgan fingerprint density at radius 2 is 1.94 bits per heavy atom. The highest BCUT2D eigenvalue weighted by Crippen LogP contribution is 2.24. The van der Waals surface area contributed by atoms with Crippen molar-refractivity contribution in [3.05, 3.63) is 53.1 Å². The molecular formula is C18H24. The molecule has 0 spiro atoms. The summed E-state index contributed by atoms with van der Waals surface area (Å²) in [6.45, 7) is 2.26. The minimum absolute atomic E-state index is 1.20. The summed E-state index contributed by atoms with van der Waals surface area (Å²) in [6.07, 6.45) is 16.1. The van der Waals surface area contributed by atoms with Gasteiger partial charge in [-0.3, -0.25) is 0 Å². The van der Waals surface area contributed by atoms with Gasteiger partial charge in [0.15, 0.2) is 0 Å². The Morgan fingerprint density at radius 3 is 2.83 bits per heavy atom. The van der Waals surface area contributed by atoms with Crippen molar-refractivity contribution < 1.29 is 0 Å². The topological polar surface area (TPSA) is 0 Å². The van der Waals surface area contributed by atoms with Gasteiger partial charge in [-0.1, -0.05) is 68.7 Å². The molecule has 0 saturated heterocycles. The summed E-state index contributed by atoms with van der Waals surface area (Å²) in [4.78, 5) is 0. The van der Waals surface area contributed by atoms with Crippen molar-refractivity contribution in [3.63, 3.8) is 0 Å². The second-order valence-electron chi connectivity index (χ2n) is 5.17. The molecule has 1 aliphatic rings. The van der Waals surface area contributed by atoms with Crippen LogP contribution in [0, 0.1) is 0 Å². The van der Waals surface area contributed by atoms with E-state index in [9.17, 15) is 0 Å². The van der Waals surface area contributed by atoms with Crippen LogP contribution in [0.15, 0.2) is 42.0 Å². The Bertz CT molecular complexity index is 423. The Hall–Kier alpha value is -1.30. The maximum absolute atomic E-state index is 2.36. The Kier molecular flexibility index (Phi) is 5.26. The van der Waals surface area contributed by atoms with Crippen LogP contribution in [0.2, 0.25) is 0 Å².